The van der Waals surface area contributed by atoms with Crippen molar-refractivity contribution >= 4 is 30.4 Å². The number of amides is 1. The summed E-state index contributed by atoms with van der Waals surface area (Å²) in [5.41, 5.74) is 0.504. The number of hydrogen-bond donors (Lipinski definition) is 1. The largest absolute Gasteiger partial charge is 0.462 e. The Labute approximate surface area is 121 Å². The van der Waals surface area contributed by atoms with Crippen LogP contribution in [0.3, 0.4) is 0 Å². The lowest BCUT2D eigenvalue weighted by atomic mass is 10.2. The molecule has 106 valence electrons. The van der Waals surface area contributed by atoms with Crippen molar-refractivity contribution in [2.45, 2.75) is 6.92 Å². The van der Waals surface area contributed by atoms with Gasteiger partial charge in [-0.25, -0.2) is 4.79 Å². The molecule has 0 radical (unpaired) electrons. The number of nitrogens with zero attached hydrogens (tertiary/aromatic N) is 2. The first-order valence-corrected chi connectivity index (χ1v) is 6.81. The van der Waals surface area contributed by atoms with Crippen molar-refractivity contribution in [2.75, 3.05) is 12.5 Å². The molecule has 0 fully saturated rings. The highest BCUT2D eigenvalue weighted by Gasteiger charge is 2.12. The molecule has 0 aromatic carbocycles. The first kappa shape index (κ1) is 15.9. The van der Waals surface area contributed by atoms with E-state index in [1.54, 1.807) is 19.1 Å². The van der Waals surface area contributed by atoms with E-state index in [0.29, 0.717) is 5.56 Å². The van der Waals surface area contributed by atoms with Crippen LogP contribution < -0.4 is 5.32 Å². The van der Waals surface area contributed by atoms with Gasteiger partial charge in [0.05, 0.1) is 12.5 Å². The third kappa shape index (κ3) is 5.23. The van der Waals surface area contributed by atoms with Crippen molar-refractivity contribution in [3.8, 4) is 0 Å². The lowest BCUT2D eigenvalue weighted by Gasteiger charge is -2.07. The van der Waals surface area contributed by atoms with Crippen LogP contribution in [0.2, 0.25) is 0 Å². The smallest absolute Gasteiger partial charge is 0.346 e. The molecule has 1 amide bonds. The molecule has 0 saturated heterocycles. The Kier molecular flexibility index (Phi) is 7.05. The van der Waals surface area contributed by atoms with Crippen molar-refractivity contribution in [1.29, 1.82) is 0 Å². The zero-order valence-electron chi connectivity index (χ0n) is 11.0. The number of rotatable bonds is 7. The average molecular weight is 293 g/mol. The Morgan fingerprint density at radius 3 is 2.80 bits per heavy atom. The standard InChI is InChI=1S/C13H15N3O3S/c1-3-19-13(18)11(8-14-2)20-9-16-12(17)10-4-6-15-7-5-10/h4-8H,2-3,9H2,1H3,(H,16,17)/b11-8-. The molecule has 6 nitrogen and oxygen atoms in total. The first-order chi connectivity index (χ1) is 9.69. The first-order valence-electron chi connectivity index (χ1n) is 5.83. The Hall–Kier alpha value is -2.15. The molecule has 1 heterocycles. The van der Waals surface area contributed by atoms with Gasteiger partial charge >= 0.3 is 5.97 Å². The number of nitrogens with one attached hydrogen (secondary N) is 1. The van der Waals surface area contributed by atoms with Crippen molar-refractivity contribution in [2.24, 2.45) is 4.99 Å². The molecule has 1 aromatic rings. The van der Waals surface area contributed by atoms with Crippen molar-refractivity contribution in [3.05, 3.63) is 41.2 Å². The normalized spacial score (nSPS) is 10.8. The number of carbonyl (C=O) groups excluding carboxylic acids is 2. The summed E-state index contributed by atoms with van der Waals surface area (Å²) in [5, 5.41) is 2.67. The maximum Gasteiger partial charge on any atom is 0.346 e. The Balaban J connectivity index is 2.49. The lowest BCUT2D eigenvalue weighted by Crippen LogP contribution is -2.23. The van der Waals surface area contributed by atoms with Crippen LogP contribution >= 0.6 is 11.8 Å². The molecule has 7 heteroatoms. The number of aromatic nitrogens is 1. The second-order valence-corrected chi connectivity index (χ2v) is 4.44. The Morgan fingerprint density at radius 2 is 2.20 bits per heavy atom. The molecule has 1 N–H and O–H groups in total. The molecule has 0 saturated carbocycles. The maximum atomic E-state index is 11.8. The van der Waals surface area contributed by atoms with E-state index in [2.05, 4.69) is 22.0 Å². The summed E-state index contributed by atoms with van der Waals surface area (Å²) in [6, 6.07) is 3.21. The van der Waals surface area contributed by atoms with E-state index >= 15 is 0 Å². The highest BCUT2D eigenvalue weighted by molar-refractivity contribution is 8.03. The fraction of sp³-hybridized carbons (Fsp3) is 0.231. The van der Waals surface area contributed by atoms with Gasteiger partial charge in [-0.3, -0.25) is 14.8 Å². The fourth-order valence-electron chi connectivity index (χ4n) is 1.22. The van der Waals surface area contributed by atoms with E-state index in [9.17, 15) is 9.59 Å². The summed E-state index contributed by atoms with van der Waals surface area (Å²) >= 11 is 1.12. The number of thioether (sulfide) groups is 1. The summed E-state index contributed by atoms with van der Waals surface area (Å²) in [7, 11) is 0. The highest BCUT2D eigenvalue weighted by Crippen LogP contribution is 2.16. The van der Waals surface area contributed by atoms with Gasteiger partial charge in [0.2, 0.25) is 0 Å². The SMILES string of the molecule is C=N/C=C(\SCNC(=O)c1ccncc1)C(=O)OCC. The van der Waals surface area contributed by atoms with E-state index < -0.39 is 5.97 Å². The van der Waals surface area contributed by atoms with Crippen LogP contribution in [0.1, 0.15) is 17.3 Å². The van der Waals surface area contributed by atoms with Crippen LogP contribution in [0.5, 0.6) is 0 Å². The van der Waals surface area contributed by atoms with Crippen molar-refractivity contribution < 1.29 is 14.3 Å². The third-order valence-corrected chi connectivity index (χ3v) is 2.96. The number of ether oxygens (including phenoxy) is 1. The van der Waals surface area contributed by atoms with E-state index in [1.165, 1.54) is 18.6 Å². The number of aliphatic imine (C=N–C) groups is 1. The van der Waals surface area contributed by atoms with Crippen LogP contribution in [-0.2, 0) is 9.53 Å². The van der Waals surface area contributed by atoms with Crippen LogP contribution in [0.4, 0.5) is 0 Å². The zero-order chi connectivity index (χ0) is 14.8. The molecule has 0 aliphatic carbocycles. The van der Waals surface area contributed by atoms with Gasteiger partial charge in [-0.1, -0.05) is 11.8 Å². The molecule has 0 bridgehead atoms. The predicted molar refractivity (Wildman–Crippen MR) is 78.4 cm³/mol. The molecule has 1 rings (SSSR count). The highest BCUT2D eigenvalue weighted by atomic mass is 32.2. The molecule has 0 unspecified atom stereocenters. The maximum absolute atomic E-state index is 11.8. The molecule has 0 spiro atoms. The average Bonchev–Trinajstić information content (AvgIpc) is 2.47. The van der Waals surface area contributed by atoms with E-state index in [0.717, 1.165) is 11.8 Å². The minimum atomic E-state index is -0.483. The molecule has 0 aliphatic rings. The second kappa shape index (κ2) is 8.87. The summed E-state index contributed by atoms with van der Waals surface area (Å²) < 4.78 is 4.86. The summed E-state index contributed by atoms with van der Waals surface area (Å²) in [5.74, 6) is -0.501. The van der Waals surface area contributed by atoms with Gasteiger partial charge in [0, 0.05) is 24.2 Å². The molecular formula is C13H15N3O3S. The number of hydrogen-bond acceptors (Lipinski definition) is 6. The number of carbonyl (C=O) groups is 2. The van der Waals surface area contributed by atoms with Crippen molar-refractivity contribution in [3.63, 3.8) is 0 Å². The predicted octanol–water partition coefficient (Wildman–Crippen LogP) is 1.61. The van der Waals surface area contributed by atoms with Crippen LogP contribution in [0.25, 0.3) is 0 Å². The zero-order valence-corrected chi connectivity index (χ0v) is 11.9. The van der Waals surface area contributed by atoms with Crippen molar-refractivity contribution in [1.82, 2.24) is 10.3 Å². The van der Waals surface area contributed by atoms with Gasteiger partial charge in [0.25, 0.3) is 5.91 Å². The quantitative estimate of drug-likeness (QED) is 0.357. The van der Waals surface area contributed by atoms with Crippen LogP contribution in [0, 0.1) is 0 Å². The Morgan fingerprint density at radius 1 is 1.50 bits per heavy atom. The molecule has 1 aromatic heterocycles. The van der Waals surface area contributed by atoms with Crippen LogP contribution in [-0.4, -0.2) is 36.1 Å². The van der Waals surface area contributed by atoms with Crippen LogP contribution in [0.15, 0.2) is 40.6 Å². The summed E-state index contributed by atoms with van der Waals surface area (Å²) in [4.78, 5) is 31.0. The minimum absolute atomic E-state index is 0.224. The van der Waals surface area contributed by atoms with E-state index in [4.69, 9.17) is 4.74 Å². The third-order valence-electron chi connectivity index (χ3n) is 2.09. The number of esters is 1. The molecule has 20 heavy (non-hydrogen) atoms. The van der Waals surface area contributed by atoms with Gasteiger partial charge in [0.15, 0.2) is 0 Å². The molecule has 0 aliphatic heterocycles. The minimum Gasteiger partial charge on any atom is -0.462 e. The monoisotopic (exact) mass is 293 g/mol. The Bertz CT molecular complexity index is 503. The summed E-state index contributed by atoms with van der Waals surface area (Å²) in [6.45, 7) is 5.28. The second-order valence-electron chi connectivity index (χ2n) is 3.43. The van der Waals surface area contributed by atoms with Gasteiger partial charge in [-0.2, -0.15) is 0 Å². The number of pyridine rings is 1. The van der Waals surface area contributed by atoms with Gasteiger partial charge in [-0.05, 0) is 25.8 Å². The molecular weight excluding hydrogens is 278 g/mol. The van der Waals surface area contributed by atoms with E-state index in [-0.39, 0.29) is 23.3 Å². The van der Waals surface area contributed by atoms with Gasteiger partial charge in [0.1, 0.15) is 4.91 Å². The van der Waals surface area contributed by atoms with Gasteiger partial charge in [-0.15, -0.1) is 0 Å². The fourth-order valence-corrected chi connectivity index (χ4v) is 1.90. The topological polar surface area (TPSA) is 80.7 Å². The summed E-state index contributed by atoms with van der Waals surface area (Å²) in [6.07, 6.45) is 4.38. The lowest BCUT2D eigenvalue weighted by molar-refractivity contribution is -0.137. The molecule has 0 atom stereocenters. The van der Waals surface area contributed by atoms with Gasteiger partial charge < -0.3 is 10.1 Å². The van der Waals surface area contributed by atoms with E-state index in [1.807, 2.05) is 0 Å².